The molecule has 0 amide bonds. The van der Waals surface area contributed by atoms with Gasteiger partial charge in [-0.3, -0.25) is 0 Å². The molecule has 0 saturated heterocycles. The average molecular weight is 332 g/mol. The first-order valence-electron chi connectivity index (χ1n) is 5.86. The van der Waals surface area contributed by atoms with Crippen molar-refractivity contribution >= 4 is 33.0 Å². The number of rotatable bonds is 5. The summed E-state index contributed by atoms with van der Waals surface area (Å²) in [6.07, 6.45) is 0. The third-order valence-electron chi connectivity index (χ3n) is 2.79. The van der Waals surface area contributed by atoms with E-state index in [0.717, 1.165) is 4.88 Å². The van der Waals surface area contributed by atoms with Gasteiger partial charge < -0.3 is 5.11 Å². The maximum absolute atomic E-state index is 12.3. The highest BCUT2D eigenvalue weighted by Gasteiger charge is 2.17. The van der Waals surface area contributed by atoms with Crippen LogP contribution in [0.1, 0.15) is 16.0 Å². The summed E-state index contributed by atoms with van der Waals surface area (Å²) in [6, 6.07) is 8.38. The first-order chi connectivity index (χ1) is 9.42. The van der Waals surface area contributed by atoms with Gasteiger partial charge in [0.2, 0.25) is 10.0 Å². The zero-order valence-electron chi connectivity index (χ0n) is 10.8. The minimum absolute atomic E-state index is 0.187. The number of nitrogens with one attached hydrogen (secondary N) is 1. The van der Waals surface area contributed by atoms with Crippen molar-refractivity contribution in [2.24, 2.45) is 0 Å². The van der Waals surface area contributed by atoms with E-state index < -0.39 is 10.0 Å². The Morgan fingerprint density at radius 3 is 2.65 bits per heavy atom. The van der Waals surface area contributed by atoms with Crippen LogP contribution >= 0.6 is 22.9 Å². The summed E-state index contributed by atoms with van der Waals surface area (Å²) >= 11 is 7.14. The largest absolute Gasteiger partial charge is 0.392 e. The van der Waals surface area contributed by atoms with Gasteiger partial charge in [-0.05, 0) is 36.2 Å². The van der Waals surface area contributed by atoms with Crippen molar-refractivity contribution in [1.82, 2.24) is 4.72 Å². The standard InChI is InChI=1S/C13H14ClNO3S2/c1-9-2-3-10(8-16)6-12(9)20(17,18)15-7-11-4-5-13(14)19-11/h2-6,15-16H,7-8H2,1H3. The summed E-state index contributed by atoms with van der Waals surface area (Å²) in [5, 5.41) is 9.10. The molecule has 108 valence electrons. The van der Waals surface area contributed by atoms with Gasteiger partial charge in [-0.1, -0.05) is 23.7 Å². The Labute approximate surface area is 127 Å². The Hall–Kier alpha value is -0.920. The minimum Gasteiger partial charge on any atom is -0.392 e. The van der Waals surface area contributed by atoms with Gasteiger partial charge >= 0.3 is 0 Å². The Morgan fingerprint density at radius 2 is 2.05 bits per heavy atom. The molecular weight excluding hydrogens is 318 g/mol. The molecule has 0 spiro atoms. The second-order valence-corrected chi connectivity index (χ2v) is 7.82. The van der Waals surface area contributed by atoms with Crippen molar-refractivity contribution in [2.75, 3.05) is 0 Å². The van der Waals surface area contributed by atoms with E-state index in [0.29, 0.717) is 15.5 Å². The van der Waals surface area contributed by atoms with Crippen LogP contribution in [0.25, 0.3) is 0 Å². The number of aliphatic hydroxyl groups is 1. The topological polar surface area (TPSA) is 66.4 Å². The zero-order chi connectivity index (χ0) is 14.8. The van der Waals surface area contributed by atoms with Crippen LogP contribution < -0.4 is 4.72 Å². The van der Waals surface area contributed by atoms with Crippen LogP contribution in [0.3, 0.4) is 0 Å². The highest BCUT2D eigenvalue weighted by molar-refractivity contribution is 7.89. The summed E-state index contributed by atoms with van der Waals surface area (Å²) in [4.78, 5) is 1.03. The van der Waals surface area contributed by atoms with Gasteiger partial charge in [-0.15, -0.1) is 11.3 Å². The summed E-state index contributed by atoms with van der Waals surface area (Å²) in [5.41, 5.74) is 1.20. The van der Waals surface area contributed by atoms with Gasteiger partial charge in [0.1, 0.15) is 0 Å². The quantitative estimate of drug-likeness (QED) is 0.885. The number of aliphatic hydroxyl groups excluding tert-OH is 1. The molecule has 0 fully saturated rings. The van der Waals surface area contributed by atoms with Gasteiger partial charge in [0.25, 0.3) is 0 Å². The molecular formula is C13H14ClNO3S2. The number of thiophene rings is 1. The van der Waals surface area contributed by atoms with E-state index in [1.54, 1.807) is 31.2 Å². The third kappa shape index (κ3) is 3.59. The predicted molar refractivity (Wildman–Crippen MR) is 80.5 cm³/mol. The Bertz CT molecular complexity index is 710. The van der Waals surface area contributed by atoms with E-state index in [9.17, 15) is 8.42 Å². The molecule has 0 unspecified atom stereocenters. The number of halogens is 1. The van der Waals surface area contributed by atoms with Gasteiger partial charge in [0, 0.05) is 11.4 Å². The van der Waals surface area contributed by atoms with Crippen molar-refractivity contribution in [1.29, 1.82) is 0 Å². The van der Waals surface area contributed by atoms with Crippen LogP contribution in [0.15, 0.2) is 35.2 Å². The van der Waals surface area contributed by atoms with Crippen molar-refractivity contribution in [3.8, 4) is 0 Å². The fraction of sp³-hybridized carbons (Fsp3) is 0.231. The smallest absolute Gasteiger partial charge is 0.241 e. The zero-order valence-corrected chi connectivity index (χ0v) is 13.1. The van der Waals surface area contributed by atoms with Crippen molar-refractivity contribution < 1.29 is 13.5 Å². The Morgan fingerprint density at radius 1 is 1.30 bits per heavy atom. The van der Waals surface area contributed by atoms with Crippen molar-refractivity contribution in [2.45, 2.75) is 25.0 Å². The van der Waals surface area contributed by atoms with E-state index in [1.165, 1.54) is 17.4 Å². The highest BCUT2D eigenvalue weighted by atomic mass is 35.5. The molecule has 2 rings (SSSR count). The fourth-order valence-electron chi connectivity index (χ4n) is 1.72. The van der Waals surface area contributed by atoms with Gasteiger partial charge in [-0.2, -0.15) is 0 Å². The number of benzene rings is 1. The van der Waals surface area contributed by atoms with Crippen LogP contribution in [0, 0.1) is 6.92 Å². The van der Waals surface area contributed by atoms with Crippen LogP contribution in [-0.4, -0.2) is 13.5 Å². The monoisotopic (exact) mass is 331 g/mol. The first-order valence-corrected chi connectivity index (χ1v) is 8.54. The summed E-state index contributed by atoms with van der Waals surface area (Å²) < 4.78 is 27.7. The normalized spacial score (nSPS) is 11.8. The first kappa shape index (κ1) is 15.5. The Balaban J connectivity index is 2.21. The maximum Gasteiger partial charge on any atom is 0.241 e. The third-order valence-corrected chi connectivity index (χ3v) is 5.56. The molecule has 0 aliphatic heterocycles. The molecule has 0 saturated carbocycles. The number of hydrogen-bond donors (Lipinski definition) is 2. The maximum atomic E-state index is 12.3. The second-order valence-electron chi connectivity index (χ2n) is 4.29. The van der Waals surface area contributed by atoms with Crippen molar-refractivity contribution in [3.63, 3.8) is 0 Å². The number of hydrogen-bond acceptors (Lipinski definition) is 4. The van der Waals surface area contributed by atoms with E-state index in [2.05, 4.69) is 4.72 Å². The molecule has 20 heavy (non-hydrogen) atoms. The van der Waals surface area contributed by atoms with E-state index in [1.807, 2.05) is 0 Å². The molecule has 1 aromatic carbocycles. The molecule has 0 atom stereocenters. The van der Waals surface area contributed by atoms with Crippen molar-refractivity contribution in [3.05, 3.63) is 50.7 Å². The molecule has 0 bridgehead atoms. The molecule has 4 nitrogen and oxygen atoms in total. The minimum atomic E-state index is -3.61. The molecule has 1 heterocycles. The molecule has 2 aromatic rings. The summed E-state index contributed by atoms with van der Waals surface area (Å²) in [6.45, 7) is 1.73. The molecule has 0 aliphatic rings. The average Bonchev–Trinajstić information content (AvgIpc) is 2.83. The van der Waals surface area contributed by atoms with Gasteiger partial charge in [0.15, 0.2) is 0 Å². The SMILES string of the molecule is Cc1ccc(CO)cc1S(=O)(=O)NCc1ccc(Cl)s1. The Kier molecular flexibility index (Phi) is 4.82. The molecule has 0 radical (unpaired) electrons. The molecule has 1 aromatic heterocycles. The number of sulfonamides is 1. The van der Waals surface area contributed by atoms with E-state index >= 15 is 0 Å². The lowest BCUT2D eigenvalue weighted by Crippen LogP contribution is -2.23. The predicted octanol–water partition coefficient (Wildman–Crippen LogP) is 2.68. The van der Waals surface area contributed by atoms with Crippen LogP contribution in [0.4, 0.5) is 0 Å². The van der Waals surface area contributed by atoms with E-state index in [-0.39, 0.29) is 18.0 Å². The summed E-state index contributed by atoms with van der Waals surface area (Å²) in [7, 11) is -3.61. The lowest BCUT2D eigenvalue weighted by molar-refractivity contribution is 0.281. The molecule has 7 heteroatoms. The van der Waals surface area contributed by atoms with Gasteiger partial charge in [0.05, 0.1) is 15.8 Å². The molecule has 2 N–H and O–H groups in total. The summed E-state index contributed by atoms with van der Waals surface area (Å²) in [5.74, 6) is 0. The lowest BCUT2D eigenvalue weighted by Gasteiger charge is -2.10. The highest BCUT2D eigenvalue weighted by Crippen LogP contribution is 2.22. The van der Waals surface area contributed by atoms with E-state index in [4.69, 9.17) is 16.7 Å². The number of aryl methyl sites for hydroxylation is 1. The lowest BCUT2D eigenvalue weighted by atomic mass is 10.2. The van der Waals surface area contributed by atoms with Crippen LogP contribution in [0.5, 0.6) is 0 Å². The second kappa shape index (κ2) is 6.24. The van der Waals surface area contributed by atoms with Crippen LogP contribution in [0.2, 0.25) is 4.34 Å². The van der Waals surface area contributed by atoms with Gasteiger partial charge in [-0.25, -0.2) is 13.1 Å². The van der Waals surface area contributed by atoms with Crippen LogP contribution in [-0.2, 0) is 23.2 Å². The molecule has 0 aliphatic carbocycles. The fourth-order valence-corrected chi connectivity index (χ4v) is 4.14.